The van der Waals surface area contributed by atoms with Gasteiger partial charge in [-0.1, -0.05) is 11.6 Å². The van der Waals surface area contributed by atoms with Gasteiger partial charge >= 0.3 is 0 Å². The summed E-state index contributed by atoms with van der Waals surface area (Å²) >= 11 is 6.10. The average Bonchev–Trinajstić information content (AvgIpc) is 2.90. The Morgan fingerprint density at radius 1 is 1.19 bits per heavy atom. The van der Waals surface area contributed by atoms with Crippen LogP contribution in [0.2, 0.25) is 5.02 Å². The van der Waals surface area contributed by atoms with Gasteiger partial charge in [-0.15, -0.1) is 0 Å². The molecule has 4 aliphatic carbocycles. The first-order valence-electron chi connectivity index (χ1n) is 9.93. The molecule has 4 fully saturated rings. The predicted molar refractivity (Wildman–Crippen MR) is 103 cm³/mol. The van der Waals surface area contributed by atoms with Crippen molar-refractivity contribution in [3.63, 3.8) is 0 Å². The van der Waals surface area contributed by atoms with Gasteiger partial charge in [-0.25, -0.2) is 0 Å². The largest absolute Gasteiger partial charge is 0.451 e. The molecule has 2 aromatic rings. The summed E-state index contributed by atoms with van der Waals surface area (Å²) in [5.74, 6) is 3.00. The first-order valence-corrected chi connectivity index (χ1v) is 10.3. The summed E-state index contributed by atoms with van der Waals surface area (Å²) in [4.78, 5) is 13.0. The number of benzene rings is 1. The smallest absolute Gasteiger partial charge is 0.287 e. The Kier molecular flexibility index (Phi) is 3.69. The average molecular weight is 372 g/mol. The SMILES string of the molecule is Cc1c(C(=O)NC(C)C23CC4CC(CC(C4)C2)C3)oc2ccc(Cl)cc12. The maximum atomic E-state index is 13.0. The molecular formula is C22H26ClNO2. The van der Waals surface area contributed by atoms with E-state index in [0.717, 1.165) is 34.3 Å². The van der Waals surface area contributed by atoms with E-state index in [1.165, 1.54) is 38.5 Å². The van der Waals surface area contributed by atoms with E-state index < -0.39 is 0 Å². The lowest BCUT2D eigenvalue weighted by molar-refractivity contribution is -0.0688. The molecule has 138 valence electrons. The van der Waals surface area contributed by atoms with Crippen LogP contribution in [0.15, 0.2) is 22.6 Å². The molecule has 0 spiro atoms. The fourth-order valence-electron chi connectivity index (χ4n) is 6.53. The molecule has 4 bridgehead atoms. The zero-order chi connectivity index (χ0) is 18.1. The van der Waals surface area contributed by atoms with Crippen molar-refractivity contribution in [1.29, 1.82) is 0 Å². The van der Waals surface area contributed by atoms with E-state index in [0.29, 0.717) is 16.2 Å². The number of furan rings is 1. The van der Waals surface area contributed by atoms with E-state index >= 15 is 0 Å². The molecule has 26 heavy (non-hydrogen) atoms. The summed E-state index contributed by atoms with van der Waals surface area (Å²) in [7, 11) is 0. The van der Waals surface area contributed by atoms with Crippen molar-refractivity contribution in [3.8, 4) is 0 Å². The van der Waals surface area contributed by atoms with E-state index in [1.807, 2.05) is 19.1 Å². The van der Waals surface area contributed by atoms with Crippen molar-refractivity contribution in [3.05, 3.63) is 34.5 Å². The van der Waals surface area contributed by atoms with Gasteiger partial charge in [0.05, 0.1) is 0 Å². The summed E-state index contributed by atoms with van der Waals surface area (Å²) in [5, 5.41) is 4.89. The van der Waals surface area contributed by atoms with Crippen molar-refractivity contribution >= 4 is 28.5 Å². The number of hydrogen-bond donors (Lipinski definition) is 1. The molecule has 1 atom stereocenters. The highest BCUT2D eigenvalue weighted by molar-refractivity contribution is 6.31. The number of halogens is 1. The lowest BCUT2D eigenvalue weighted by Gasteiger charge is -2.59. The summed E-state index contributed by atoms with van der Waals surface area (Å²) in [6.07, 6.45) is 8.12. The van der Waals surface area contributed by atoms with E-state index in [4.69, 9.17) is 16.0 Å². The monoisotopic (exact) mass is 371 g/mol. The fraction of sp³-hybridized carbons (Fsp3) is 0.591. The highest BCUT2D eigenvalue weighted by Crippen LogP contribution is 2.61. The second kappa shape index (κ2) is 5.76. The highest BCUT2D eigenvalue weighted by Gasteiger charge is 2.53. The number of fused-ring (bicyclic) bond motifs is 1. The number of hydrogen-bond acceptors (Lipinski definition) is 2. The minimum absolute atomic E-state index is 0.0851. The van der Waals surface area contributed by atoms with Gasteiger partial charge in [0, 0.05) is 22.0 Å². The van der Waals surface area contributed by atoms with Crippen molar-refractivity contribution < 1.29 is 9.21 Å². The van der Waals surface area contributed by atoms with Crippen molar-refractivity contribution in [2.24, 2.45) is 23.2 Å². The third kappa shape index (κ3) is 2.51. The maximum Gasteiger partial charge on any atom is 0.287 e. The Morgan fingerprint density at radius 3 is 2.42 bits per heavy atom. The number of amides is 1. The van der Waals surface area contributed by atoms with Gasteiger partial charge < -0.3 is 9.73 Å². The quantitative estimate of drug-likeness (QED) is 0.748. The number of carbonyl (C=O) groups is 1. The first kappa shape index (κ1) is 16.7. The van der Waals surface area contributed by atoms with Crippen LogP contribution >= 0.6 is 11.6 Å². The van der Waals surface area contributed by atoms with E-state index in [2.05, 4.69) is 12.2 Å². The molecule has 3 nitrogen and oxygen atoms in total. The van der Waals surface area contributed by atoms with Crippen LogP contribution in [0.4, 0.5) is 0 Å². The summed E-state index contributed by atoms with van der Waals surface area (Å²) in [5.41, 5.74) is 1.89. The van der Waals surface area contributed by atoms with Crippen LogP contribution in [-0.4, -0.2) is 11.9 Å². The van der Waals surface area contributed by atoms with Gasteiger partial charge in [-0.05, 0) is 93.7 Å². The minimum Gasteiger partial charge on any atom is -0.451 e. The third-order valence-electron chi connectivity index (χ3n) is 7.46. The normalized spacial score (nSPS) is 33.6. The van der Waals surface area contributed by atoms with Crippen molar-refractivity contribution in [2.45, 2.75) is 58.4 Å². The maximum absolute atomic E-state index is 13.0. The van der Waals surface area contributed by atoms with Crippen LogP contribution in [0.25, 0.3) is 11.0 Å². The topological polar surface area (TPSA) is 42.2 Å². The number of aryl methyl sites for hydroxylation is 1. The van der Waals surface area contributed by atoms with Crippen LogP contribution < -0.4 is 5.32 Å². The van der Waals surface area contributed by atoms with Crippen LogP contribution in [0.3, 0.4) is 0 Å². The number of carbonyl (C=O) groups excluding carboxylic acids is 1. The van der Waals surface area contributed by atoms with Gasteiger partial charge in [0.2, 0.25) is 0 Å². The molecule has 1 heterocycles. The van der Waals surface area contributed by atoms with Crippen molar-refractivity contribution in [1.82, 2.24) is 5.32 Å². The molecule has 0 aliphatic heterocycles. The third-order valence-corrected chi connectivity index (χ3v) is 7.69. The summed E-state index contributed by atoms with van der Waals surface area (Å²) in [6, 6.07) is 5.70. The van der Waals surface area contributed by atoms with Gasteiger partial charge in [0.1, 0.15) is 5.58 Å². The van der Waals surface area contributed by atoms with Crippen LogP contribution in [0, 0.1) is 30.1 Å². The Bertz CT molecular complexity index is 848. The Morgan fingerprint density at radius 2 is 1.81 bits per heavy atom. The molecular weight excluding hydrogens is 346 g/mol. The summed E-state index contributed by atoms with van der Waals surface area (Å²) < 4.78 is 5.86. The standard InChI is InChI=1S/C22H26ClNO2/c1-12-18-8-17(23)3-4-19(18)26-20(12)21(25)24-13(2)22-9-14-5-15(10-22)7-16(6-14)11-22/h3-4,8,13-16H,5-7,9-11H2,1-2H3,(H,24,25). The Hall–Kier alpha value is -1.48. The molecule has 4 heteroatoms. The first-order chi connectivity index (χ1) is 12.4. The molecule has 6 rings (SSSR count). The second-order valence-electron chi connectivity index (χ2n) is 9.17. The number of nitrogens with one attached hydrogen (secondary N) is 1. The van der Waals surface area contributed by atoms with Crippen molar-refractivity contribution in [2.75, 3.05) is 0 Å². The lowest BCUT2D eigenvalue weighted by Crippen LogP contribution is -2.55. The molecule has 0 radical (unpaired) electrons. The lowest BCUT2D eigenvalue weighted by atomic mass is 9.48. The van der Waals surface area contributed by atoms with Gasteiger partial charge in [0.25, 0.3) is 5.91 Å². The van der Waals surface area contributed by atoms with Crippen LogP contribution in [0.5, 0.6) is 0 Å². The van der Waals surface area contributed by atoms with Gasteiger partial charge in [0.15, 0.2) is 5.76 Å². The molecule has 1 aromatic heterocycles. The van der Waals surface area contributed by atoms with E-state index in [1.54, 1.807) is 6.07 Å². The number of rotatable bonds is 3. The molecule has 1 unspecified atom stereocenters. The fourth-order valence-corrected chi connectivity index (χ4v) is 6.71. The predicted octanol–water partition coefficient (Wildman–Crippen LogP) is 5.73. The molecule has 1 aromatic carbocycles. The zero-order valence-corrected chi connectivity index (χ0v) is 16.2. The highest BCUT2D eigenvalue weighted by atomic mass is 35.5. The van der Waals surface area contributed by atoms with Gasteiger partial charge in [-0.2, -0.15) is 0 Å². The Labute approximate surface area is 159 Å². The zero-order valence-electron chi connectivity index (χ0n) is 15.5. The molecule has 4 aliphatic rings. The minimum atomic E-state index is -0.0851. The molecule has 4 saturated carbocycles. The summed E-state index contributed by atoms with van der Waals surface area (Å²) in [6.45, 7) is 4.15. The molecule has 0 saturated heterocycles. The van der Waals surface area contributed by atoms with Gasteiger partial charge in [-0.3, -0.25) is 4.79 Å². The van der Waals surface area contributed by atoms with E-state index in [9.17, 15) is 4.79 Å². The van der Waals surface area contributed by atoms with E-state index in [-0.39, 0.29) is 11.9 Å². The second-order valence-corrected chi connectivity index (χ2v) is 9.61. The molecule has 1 amide bonds. The molecule has 1 N–H and O–H groups in total. The van der Waals surface area contributed by atoms with Crippen LogP contribution in [-0.2, 0) is 0 Å². The Balaban J connectivity index is 1.39. The van der Waals surface area contributed by atoms with Crippen LogP contribution in [0.1, 0.15) is 61.6 Å².